The van der Waals surface area contributed by atoms with Crippen LogP contribution in [-0.4, -0.2) is 68.3 Å². The van der Waals surface area contributed by atoms with Crippen LogP contribution in [-0.2, 0) is 27.2 Å². The van der Waals surface area contributed by atoms with Crippen LogP contribution in [0.5, 0.6) is 5.75 Å². The largest absolute Gasteiger partial charge is 0.494 e. The van der Waals surface area contributed by atoms with Crippen molar-refractivity contribution >= 4 is 11.8 Å². The van der Waals surface area contributed by atoms with Crippen molar-refractivity contribution in [2.75, 3.05) is 44.8 Å². The summed E-state index contributed by atoms with van der Waals surface area (Å²) in [6.07, 6.45) is -1.62. The number of benzene rings is 2. The molecule has 0 spiro atoms. The van der Waals surface area contributed by atoms with E-state index in [0.29, 0.717) is 38.3 Å². The smallest absolute Gasteiger partial charge is 0.411 e. The van der Waals surface area contributed by atoms with Crippen LogP contribution in [0.25, 0.3) is 0 Å². The number of hydrogen-bond donors (Lipinski definition) is 1. The van der Waals surface area contributed by atoms with Crippen molar-refractivity contribution in [3.63, 3.8) is 0 Å². The molecule has 0 aliphatic carbocycles. The Hall–Kier alpha value is -2.98. The first-order chi connectivity index (χ1) is 19.5. The molecule has 0 bridgehead atoms. The first kappa shape index (κ1) is 31.0. The molecule has 0 unspecified atom stereocenters. The third-order valence-corrected chi connectivity index (χ3v) is 7.06. The van der Waals surface area contributed by atoms with Crippen molar-refractivity contribution in [1.82, 2.24) is 4.90 Å². The van der Waals surface area contributed by atoms with Crippen LogP contribution < -0.4 is 10.1 Å². The van der Waals surface area contributed by atoms with Crippen molar-refractivity contribution in [2.45, 2.75) is 76.9 Å². The molecular weight excluding hydrogens is 537 g/mol. The Morgan fingerprint density at radius 3 is 2.59 bits per heavy atom. The predicted octanol–water partition coefficient (Wildman–Crippen LogP) is 6.70. The van der Waals surface area contributed by atoms with Gasteiger partial charge in [0.05, 0.1) is 32.5 Å². The average Bonchev–Trinajstić information content (AvgIpc) is 2.92. The monoisotopic (exact) mass is 578 g/mol. The van der Waals surface area contributed by atoms with E-state index < -0.39 is 18.4 Å². The number of halogens is 3. The van der Waals surface area contributed by atoms with Gasteiger partial charge in [0, 0.05) is 31.1 Å². The number of fused-ring (bicyclic) bond motifs is 1. The Kier molecular flexibility index (Phi) is 10.4. The minimum Gasteiger partial charge on any atom is -0.494 e. The van der Waals surface area contributed by atoms with E-state index in [4.69, 9.17) is 14.2 Å². The maximum atomic E-state index is 12.9. The normalized spacial score (nSPS) is 19.3. The van der Waals surface area contributed by atoms with Gasteiger partial charge >= 0.3 is 12.3 Å². The van der Waals surface area contributed by atoms with Crippen LogP contribution in [0.15, 0.2) is 42.5 Å². The Labute approximate surface area is 240 Å². The number of alkyl halides is 3. The lowest BCUT2D eigenvalue weighted by molar-refractivity contribution is -0.174. The van der Waals surface area contributed by atoms with Crippen LogP contribution in [0.2, 0.25) is 0 Å². The van der Waals surface area contributed by atoms with Gasteiger partial charge in [0.2, 0.25) is 0 Å². The maximum absolute atomic E-state index is 12.9. The molecule has 226 valence electrons. The summed E-state index contributed by atoms with van der Waals surface area (Å²) < 4.78 is 59.0. The number of amides is 1. The number of hydrogen-bond acceptors (Lipinski definition) is 6. The Morgan fingerprint density at radius 2 is 1.85 bits per heavy atom. The minimum atomic E-state index is -4.32. The second kappa shape index (κ2) is 13.8. The third kappa shape index (κ3) is 9.81. The molecule has 4 rings (SSSR count). The summed E-state index contributed by atoms with van der Waals surface area (Å²) in [5.41, 5.74) is 4.06. The van der Waals surface area contributed by atoms with E-state index in [1.165, 1.54) is 5.56 Å². The van der Waals surface area contributed by atoms with Gasteiger partial charge in [-0.1, -0.05) is 24.3 Å². The van der Waals surface area contributed by atoms with Crippen molar-refractivity contribution in [3.8, 4) is 5.75 Å². The summed E-state index contributed by atoms with van der Waals surface area (Å²) in [5, 5.41) is 3.47. The third-order valence-electron chi connectivity index (χ3n) is 7.06. The lowest BCUT2D eigenvalue weighted by atomic mass is 9.87. The van der Waals surface area contributed by atoms with Gasteiger partial charge < -0.3 is 29.2 Å². The molecule has 41 heavy (non-hydrogen) atoms. The van der Waals surface area contributed by atoms with Gasteiger partial charge in [-0.15, -0.1) is 0 Å². The van der Waals surface area contributed by atoms with Crippen molar-refractivity contribution in [3.05, 3.63) is 59.2 Å². The number of carbonyl (C=O) groups is 1. The summed E-state index contributed by atoms with van der Waals surface area (Å²) in [4.78, 5) is 14.6. The number of nitrogens with zero attached hydrogens (tertiary/aromatic N) is 1. The first-order valence-electron chi connectivity index (χ1n) is 14.3. The molecular formula is C31H41F3N2O5. The van der Waals surface area contributed by atoms with E-state index in [1.54, 1.807) is 4.90 Å². The highest BCUT2D eigenvalue weighted by molar-refractivity contribution is 5.68. The van der Waals surface area contributed by atoms with Crippen LogP contribution in [0.1, 0.15) is 62.6 Å². The number of likely N-dealkylation sites (tertiary alicyclic amines) is 1. The molecule has 1 saturated heterocycles. The van der Waals surface area contributed by atoms with Gasteiger partial charge in [0.25, 0.3) is 0 Å². The fourth-order valence-corrected chi connectivity index (χ4v) is 5.11. The standard InChI is InChI=1S/C31H41F3N2O5/c1-30(2,3)41-29(37)36-15-13-26(23-9-11-25(12-10-23)39-17-5-16-38-21-31(32,33)34)28(19-36)40-20-22-7-8-24-6-4-14-35-27(24)18-22/h7-12,18,26,28,35H,4-6,13-17,19-21H2,1-3H3/t26-,28+/m1/s1. The summed E-state index contributed by atoms with van der Waals surface area (Å²) in [5.74, 6) is 0.698. The second-order valence-electron chi connectivity index (χ2n) is 11.6. The van der Waals surface area contributed by atoms with Crippen LogP contribution in [0, 0.1) is 0 Å². The number of nitrogens with one attached hydrogen (secondary N) is 1. The summed E-state index contributed by atoms with van der Waals surface area (Å²) >= 11 is 0. The highest BCUT2D eigenvalue weighted by Gasteiger charge is 2.35. The van der Waals surface area contributed by atoms with E-state index in [-0.39, 0.29) is 31.3 Å². The zero-order valence-electron chi connectivity index (χ0n) is 24.1. The number of aryl methyl sites for hydroxylation is 1. The Morgan fingerprint density at radius 1 is 1.07 bits per heavy atom. The zero-order chi connectivity index (χ0) is 29.5. The van der Waals surface area contributed by atoms with Gasteiger partial charge in [-0.25, -0.2) is 4.79 Å². The van der Waals surface area contributed by atoms with Gasteiger partial charge in [-0.3, -0.25) is 0 Å². The van der Waals surface area contributed by atoms with Crippen molar-refractivity contribution < 1.29 is 36.9 Å². The summed E-state index contributed by atoms with van der Waals surface area (Å²) in [6.45, 7) is 6.92. The van der Waals surface area contributed by atoms with Crippen molar-refractivity contribution in [1.29, 1.82) is 0 Å². The number of rotatable bonds is 10. The zero-order valence-corrected chi connectivity index (χ0v) is 24.1. The van der Waals surface area contributed by atoms with Gasteiger partial charge in [0.15, 0.2) is 0 Å². The molecule has 1 amide bonds. The summed E-state index contributed by atoms with van der Waals surface area (Å²) in [6, 6.07) is 14.1. The van der Waals surface area contributed by atoms with Crippen LogP contribution in [0.3, 0.4) is 0 Å². The molecule has 2 aromatic rings. The highest BCUT2D eigenvalue weighted by atomic mass is 19.4. The van der Waals surface area contributed by atoms with E-state index in [0.717, 1.165) is 36.2 Å². The lowest BCUT2D eigenvalue weighted by Crippen LogP contribution is -2.48. The molecule has 2 heterocycles. The molecule has 1 fully saturated rings. The number of anilines is 1. The molecule has 0 aromatic heterocycles. The topological polar surface area (TPSA) is 69.3 Å². The quantitative estimate of drug-likeness (QED) is 0.317. The molecule has 0 saturated carbocycles. The number of piperidine rings is 1. The average molecular weight is 579 g/mol. The van der Waals surface area contributed by atoms with E-state index in [1.807, 2.05) is 45.0 Å². The van der Waals surface area contributed by atoms with E-state index >= 15 is 0 Å². The van der Waals surface area contributed by atoms with Gasteiger partial charge in [-0.2, -0.15) is 13.2 Å². The van der Waals surface area contributed by atoms with Crippen LogP contribution in [0.4, 0.5) is 23.7 Å². The molecule has 7 nitrogen and oxygen atoms in total. The Balaban J connectivity index is 1.37. The number of carbonyl (C=O) groups excluding carboxylic acids is 1. The molecule has 2 aromatic carbocycles. The molecule has 2 aliphatic rings. The molecule has 10 heteroatoms. The van der Waals surface area contributed by atoms with E-state index in [2.05, 4.69) is 28.3 Å². The molecule has 2 aliphatic heterocycles. The minimum absolute atomic E-state index is 0.0207. The summed E-state index contributed by atoms with van der Waals surface area (Å²) in [7, 11) is 0. The molecule has 1 N–H and O–H groups in total. The second-order valence-corrected chi connectivity index (χ2v) is 11.6. The molecule has 0 radical (unpaired) electrons. The lowest BCUT2D eigenvalue weighted by Gasteiger charge is -2.39. The number of ether oxygens (including phenoxy) is 4. The van der Waals surface area contributed by atoms with Gasteiger partial charge in [-0.05, 0) is 74.9 Å². The SMILES string of the molecule is CC(C)(C)OC(=O)N1CC[C@H](c2ccc(OCCCOCC(F)(F)F)cc2)[C@@H](OCc2ccc3c(c2)NCCC3)C1. The van der Waals surface area contributed by atoms with E-state index in [9.17, 15) is 18.0 Å². The fraction of sp³-hybridized carbons (Fsp3) is 0.581. The predicted molar refractivity (Wildman–Crippen MR) is 150 cm³/mol. The van der Waals surface area contributed by atoms with Crippen molar-refractivity contribution in [2.24, 2.45) is 0 Å². The Bertz CT molecular complexity index is 1130. The van der Waals surface area contributed by atoms with Crippen LogP contribution >= 0.6 is 0 Å². The first-order valence-corrected chi connectivity index (χ1v) is 14.3. The molecule has 2 atom stereocenters. The maximum Gasteiger partial charge on any atom is 0.411 e. The fourth-order valence-electron chi connectivity index (χ4n) is 5.11. The van der Waals surface area contributed by atoms with Gasteiger partial charge in [0.1, 0.15) is 18.0 Å². The highest BCUT2D eigenvalue weighted by Crippen LogP contribution is 2.33.